The van der Waals surface area contributed by atoms with Crippen molar-refractivity contribution in [3.63, 3.8) is 0 Å². The number of hydrogen-bond acceptors (Lipinski definition) is 3. The quantitative estimate of drug-likeness (QED) is 0.918. The van der Waals surface area contributed by atoms with E-state index in [1.165, 1.54) is 0 Å². The Balaban J connectivity index is 2.18. The van der Waals surface area contributed by atoms with E-state index in [1.54, 1.807) is 13.2 Å². The van der Waals surface area contributed by atoms with E-state index in [4.69, 9.17) is 10.5 Å². The van der Waals surface area contributed by atoms with Gasteiger partial charge in [-0.05, 0) is 32.3 Å². The smallest absolute Gasteiger partial charge is 0.270 e. The van der Waals surface area contributed by atoms with Crippen LogP contribution in [0.1, 0.15) is 43.6 Å². The largest absolute Gasteiger partial charge is 0.397 e. The first kappa shape index (κ1) is 14.9. The Morgan fingerprint density at radius 3 is 2.95 bits per heavy atom. The fraction of sp³-hybridized carbons (Fsp3) is 0.667. The molecule has 0 radical (unpaired) electrons. The molecule has 112 valence electrons. The number of amides is 1. The molecule has 0 saturated carbocycles. The lowest BCUT2D eigenvalue weighted by molar-refractivity contribution is -0.0442. The summed E-state index contributed by atoms with van der Waals surface area (Å²) in [6.07, 6.45) is 4.78. The first-order valence-electron chi connectivity index (χ1n) is 7.29. The molecule has 1 aliphatic rings. The summed E-state index contributed by atoms with van der Waals surface area (Å²) in [6.45, 7) is 6.39. The third-order valence-electron chi connectivity index (χ3n) is 4.04. The topological polar surface area (TPSA) is 60.5 Å². The Bertz CT molecular complexity index is 483. The van der Waals surface area contributed by atoms with E-state index in [2.05, 4.69) is 13.8 Å². The number of nitrogen functional groups attached to an aromatic ring is 1. The summed E-state index contributed by atoms with van der Waals surface area (Å²) in [6, 6.07) is 1.77. The predicted molar refractivity (Wildman–Crippen MR) is 79.7 cm³/mol. The molecule has 1 unspecified atom stereocenters. The maximum atomic E-state index is 12.7. The number of piperidine rings is 1. The second-order valence-corrected chi connectivity index (χ2v) is 5.84. The van der Waals surface area contributed by atoms with E-state index in [0.29, 0.717) is 17.9 Å². The lowest BCUT2D eigenvalue weighted by Gasteiger charge is -2.39. The van der Waals surface area contributed by atoms with Crippen LogP contribution in [-0.4, -0.2) is 41.2 Å². The Morgan fingerprint density at radius 2 is 2.30 bits per heavy atom. The Morgan fingerprint density at radius 1 is 1.55 bits per heavy atom. The lowest BCUT2D eigenvalue weighted by Crippen LogP contribution is -2.50. The summed E-state index contributed by atoms with van der Waals surface area (Å²) in [5.74, 6) is 0.0538. The van der Waals surface area contributed by atoms with Gasteiger partial charge in [-0.15, -0.1) is 0 Å². The minimum atomic E-state index is -0.234. The molecule has 0 bridgehead atoms. The Hall–Kier alpha value is -1.49. The number of aromatic nitrogens is 1. The number of nitrogens with two attached hydrogens (primary N) is 1. The molecule has 5 nitrogen and oxygen atoms in total. The van der Waals surface area contributed by atoms with Gasteiger partial charge in [-0.25, -0.2) is 0 Å². The second kappa shape index (κ2) is 5.87. The van der Waals surface area contributed by atoms with Gasteiger partial charge < -0.3 is 19.9 Å². The highest BCUT2D eigenvalue weighted by Gasteiger charge is 2.34. The molecular formula is C15H25N3O2. The van der Waals surface area contributed by atoms with E-state index >= 15 is 0 Å². The monoisotopic (exact) mass is 279 g/mol. The standard InChI is InChI=1S/C15H25N3O2/c1-4-7-17-10-12(16)9-13(17)14(19)18-8-5-6-15(2,11-18)20-3/h9-10H,4-8,11,16H2,1-3H3. The van der Waals surface area contributed by atoms with Gasteiger partial charge in [-0.2, -0.15) is 0 Å². The summed E-state index contributed by atoms with van der Waals surface area (Å²) in [5.41, 5.74) is 6.94. The molecule has 1 fully saturated rings. The summed E-state index contributed by atoms with van der Waals surface area (Å²) in [4.78, 5) is 14.6. The molecule has 1 saturated heterocycles. The third kappa shape index (κ3) is 2.98. The summed E-state index contributed by atoms with van der Waals surface area (Å²) in [7, 11) is 1.71. The molecule has 0 aromatic carbocycles. The average molecular weight is 279 g/mol. The predicted octanol–water partition coefficient (Wildman–Crippen LogP) is 2.12. The van der Waals surface area contributed by atoms with Crippen LogP contribution in [0.25, 0.3) is 0 Å². The number of anilines is 1. The van der Waals surface area contributed by atoms with E-state index in [1.807, 2.05) is 15.7 Å². The van der Waals surface area contributed by atoms with Gasteiger partial charge in [0.1, 0.15) is 5.69 Å². The number of ether oxygens (including phenoxy) is 1. The van der Waals surface area contributed by atoms with Crippen molar-refractivity contribution in [3.8, 4) is 0 Å². The van der Waals surface area contributed by atoms with Gasteiger partial charge in [0.05, 0.1) is 11.3 Å². The van der Waals surface area contributed by atoms with Crippen LogP contribution in [0.2, 0.25) is 0 Å². The summed E-state index contributed by atoms with van der Waals surface area (Å²) < 4.78 is 7.51. The van der Waals surface area contributed by atoms with Crippen LogP contribution in [0.3, 0.4) is 0 Å². The first-order chi connectivity index (χ1) is 9.49. The van der Waals surface area contributed by atoms with Crippen molar-refractivity contribution in [2.45, 2.75) is 45.3 Å². The van der Waals surface area contributed by atoms with Crippen molar-refractivity contribution in [1.82, 2.24) is 9.47 Å². The molecule has 1 atom stereocenters. The van der Waals surface area contributed by atoms with E-state index in [-0.39, 0.29) is 11.5 Å². The van der Waals surface area contributed by atoms with E-state index in [9.17, 15) is 4.79 Å². The highest BCUT2D eigenvalue weighted by atomic mass is 16.5. The van der Waals surface area contributed by atoms with Crippen molar-refractivity contribution >= 4 is 11.6 Å². The number of rotatable bonds is 4. The number of carbonyl (C=O) groups is 1. The zero-order valence-corrected chi connectivity index (χ0v) is 12.7. The van der Waals surface area contributed by atoms with Crippen LogP contribution in [-0.2, 0) is 11.3 Å². The number of likely N-dealkylation sites (tertiary alicyclic amines) is 1. The highest BCUT2D eigenvalue weighted by molar-refractivity contribution is 5.94. The van der Waals surface area contributed by atoms with Crippen LogP contribution < -0.4 is 5.73 Å². The van der Waals surface area contributed by atoms with Crippen molar-refractivity contribution < 1.29 is 9.53 Å². The normalized spacial score (nSPS) is 23.1. The molecular weight excluding hydrogens is 254 g/mol. The number of hydrogen-bond donors (Lipinski definition) is 1. The van der Waals surface area contributed by atoms with Gasteiger partial charge in [0.15, 0.2) is 0 Å². The zero-order valence-electron chi connectivity index (χ0n) is 12.7. The van der Waals surface area contributed by atoms with Gasteiger partial charge in [0, 0.05) is 32.9 Å². The number of nitrogens with zero attached hydrogens (tertiary/aromatic N) is 2. The summed E-state index contributed by atoms with van der Waals surface area (Å²) in [5, 5.41) is 0. The maximum Gasteiger partial charge on any atom is 0.270 e. The van der Waals surface area contributed by atoms with Gasteiger partial charge in [-0.3, -0.25) is 4.79 Å². The van der Waals surface area contributed by atoms with Gasteiger partial charge >= 0.3 is 0 Å². The molecule has 2 N–H and O–H groups in total. The van der Waals surface area contributed by atoms with Crippen molar-refractivity contribution in [3.05, 3.63) is 18.0 Å². The van der Waals surface area contributed by atoms with E-state index < -0.39 is 0 Å². The van der Waals surface area contributed by atoms with Crippen molar-refractivity contribution in [1.29, 1.82) is 0 Å². The van der Waals surface area contributed by atoms with Crippen LogP contribution >= 0.6 is 0 Å². The fourth-order valence-electron chi connectivity index (χ4n) is 2.85. The molecule has 20 heavy (non-hydrogen) atoms. The van der Waals surface area contributed by atoms with Gasteiger partial charge in [-0.1, -0.05) is 6.92 Å². The minimum absolute atomic E-state index is 0.0538. The highest BCUT2D eigenvalue weighted by Crippen LogP contribution is 2.25. The van der Waals surface area contributed by atoms with Crippen LogP contribution in [0.4, 0.5) is 5.69 Å². The minimum Gasteiger partial charge on any atom is -0.397 e. The fourth-order valence-corrected chi connectivity index (χ4v) is 2.85. The average Bonchev–Trinajstić information content (AvgIpc) is 2.79. The molecule has 0 aliphatic carbocycles. The Labute approximate surface area is 120 Å². The first-order valence-corrected chi connectivity index (χ1v) is 7.29. The number of aryl methyl sites for hydroxylation is 1. The molecule has 0 spiro atoms. The van der Waals surface area contributed by atoms with Crippen molar-refractivity contribution in [2.75, 3.05) is 25.9 Å². The number of carbonyl (C=O) groups excluding carboxylic acids is 1. The maximum absolute atomic E-state index is 12.7. The molecule has 1 aromatic rings. The van der Waals surface area contributed by atoms with Crippen molar-refractivity contribution in [2.24, 2.45) is 0 Å². The molecule has 2 heterocycles. The van der Waals surface area contributed by atoms with E-state index in [0.717, 1.165) is 32.4 Å². The van der Waals surface area contributed by atoms with Crippen LogP contribution in [0, 0.1) is 0 Å². The van der Waals surface area contributed by atoms with Gasteiger partial charge in [0.25, 0.3) is 5.91 Å². The Kier molecular flexibility index (Phi) is 4.38. The lowest BCUT2D eigenvalue weighted by atomic mass is 9.94. The van der Waals surface area contributed by atoms with Gasteiger partial charge in [0.2, 0.25) is 0 Å². The SMILES string of the molecule is CCCn1cc(N)cc1C(=O)N1CCCC(C)(OC)C1. The third-order valence-corrected chi connectivity index (χ3v) is 4.04. The molecule has 2 rings (SSSR count). The molecule has 1 aliphatic heterocycles. The summed E-state index contributed by atoms with van der Waals surface area (Å²) >= 11 is 0. The second-order valence-electron chi connectivity index (χ2n) is 5.84. The zero-order chi connectivity index (χ0) is 14.8. The molecule has 5 heteroatoms. The van der Waals surface area contributed by atoms with Crippen LogP contribution in [0.15, 0.2) is 12.3 Å². The van der Waals surface area contributed by atoms with Crippen LogP contribution in [0.5, 0.6) is 0 Å². The molecule has 1 amide bonds. The molecule has 1 aromatic heterocycles. The number of methoxy groups -OCH3 is 1.